The number of carbonyl (C=O) groups excluding carboxylic acids is 1. The fourth-order valence-corrected chi connectivity index (χ4v) is 2.34. The number of amides is 1. The molecule has 2 rings (SSSR count). The molecule has 1 aliphatic heterocycles. The lowest BCUT2D eigenvalue weighted by atomic mass is 9.95. The zero-order valence-corrected chi connectivity index (χ0v) is 10.6. The highest BCUT2D eigenvalue weighted by molar-refractivity contribution is 6.00. The molecule has 0 aliphatic carbocycles. The Balaban J connectivity index is 2.21. The van der Waals surface area contributed by atoms with Gasteiger partial charge in [0.1, 0.15) is 0 Å². The Hall–Kier alpha value is -1.84. The molecule has 1 aromatic rings. The fourth-order valence-electron chi connectivity index (χ4n) is 2.34. The first-order chi connectivity index (χ1) is 8.52. The monoisotopic (exact) mass is 247 g/mol. The van der Waals surface area contributed by atoms with E-state index < -0.39 is 5.97 Å². The maximum absolute atomic E-state index is 11.6. The molecule has 0 bridgehead atoms. The van der Waals surface area contributed by atoms with Crippen molar-refractivity contribution in [2.45, 2.75) is 26.2 Å². The van der Waals surface area contributed by atoms with E-state index in [0.717, 1.165) is 16.8 Å². The number of carbonyl (C=O) groups is 2. The molecule has 96 valence electrons. The van der Waals surface area contributed by atoms with E-state index in [2.05, 4.69) is 0 Å². The molecular formula is C14H17NO3. The van der Waals surface area contributed by atoms with Crippen molar-refractivity contribution in [3.05, 3.63) is 29.3 Å². The maximum atomic E-state index is 11.6. The van der Waals surface area contributed by atoms with Crippen molar-refractivity contribution in [3.8, 4) is 0 Å². The van der Waals surface area contributed by atoms with Crippen LogP contribution in [0.25, 0.3) is 0 Å². The van der Waals surface area contributed by atoms with Gasteiger partial charge in [-0.2, -0.15) is 0 Å². The molecular weight excluding hydrogens is 230 g/mol. The average Bonchev–Trinajstić information content (AvgIpc) is 2.61. The molecule has 1 atom stereocenters. The topological polar surface area (TPSA) is 57.6 Å². The minimum absolute atomic E-state index is 0.0902. The van der Waals surface area contributed by atoms with Crippen molar-refractivity contribution < 1.29 is 14.7 Å². The van der Waals surface area contributed by atoms with E-state index in [1.54, 1.807) is 11.9 Å². The van der Waals surface area contributed by atoms with Crippen molar-refractivity contribution in [2.24, 2.45) is 5.92 Å². The number of anilines is 1. The lowest BCUT2D eigenvalue weighted by molar-refractivity contribution is -0.141. The molecule has 0 saturated carbocycles. The largest absolute Gasteiger partial charge is 0.481 e. The van der Waals surface area contributed by atoms with Gasteiger partial charge in [-0.1, -0.05) is 19.1 Å². The van der Waals surface area contributed by atoms with Gasteiger partial charge in [0.2, 0.25) is 5.91 Å². The normalized spacial score (nSPS) is 15.7. The average molecular weight is 247 g/mol. The summed E-state index contributed by atoms with van der Waals surface area (Å²) in [5.41, 5.74) is 2.93. The van der Waals surface area contributed by atoms with Crippen LogP contribution in [0.15, 0.2) is 18.2 Å². The minimum atomic E-state index is -0.758. The second kappa shape index (κ2) is 4.80. The highest BCUT2D eigenvalue weighted by Crippen LogP contribution is 2.29. The zero-order valence-electron chi connectivity index (χ0n) is 10.6. The standard InChI is InChI=1S/C14H17NO3/c1-3-10(14(17)18)6-9-4-5-12-11(7-9)8-13(16)15(12)2/h4-5,7,10H,3,6,8H2,1-2H3,(H,17,18). The number of carboxylic acids is 1. The second-order valence-electron chi connectivity index (χ2n) is 4.74. The van der Waals surface area contributed by atoms with Crippen molar-refractivity contribution >= 4 is 17.6 Å². The maximum Gasteiger partial charge on any atom is 0.306 e. The van der Waals surface area contributed by atoms with Crippen LogP contribution < -0.4 is 4.90 Å². The first-order valence-corrected chi connectivity index (χ1v) is 6.14. The predicted molar refractivity (Wildman–Crippen MR) is 68.7 cm³/mol. The Labute approximate surface area is 106 Å². The number of carboxylic acid groups (broad SMARTS) is 1. The molecule has 0 aromatic heterocycles. The van der Waals surface area contributed by atoms with E-state index in [1.807, 2.05) is 25.1 Å². The number of rotatable bonds is 4. The Morgan fingerprint density at radius 2 is 2.22 bits per heavy atom. The third kappa shape index (κ3) is 2.23. The lowest BCUT2D eigenvalue weighted by Gasteiger charge is -2.12. The molecule has 0 spiro atoms. The summed E-state index contributed by atoms with van der Waals surface area (Å²) in [5, 5.41) is 9.05. The van der Waals surface area contributed by atoms with Crippen molar-refractivity contribution in [1.29, 1.82) is 0 Å². The molecule has 0 saturated heterocycles. The summed E-state index contributed by atoms with van der Waals surface area (Å²) < 4.78 is 0. The molecule has 18 heavy (non-hydrogen) atoms. The summed E-state index contributed by atoms with van der Waals surface area (Å²) in [7, 11) is 1.76. The van der Waals surface area contributed by atoms with Crippen LogP contribution in [0.1, 0.15) is 24.5 Å². The van der Waals surface area contributed by atoms with Crippen LogP contribution >= 0.6 is 0 Å². The van der Waals surface area contributed by atoms with Crippen LogP contribution in [0.2, 0.25) is 0 Å². The van der Waals surface area contributed by atoms with Gasteiger partial charge >= 0.3 is 5.97 Å². The van der Waals surface area contributed by atoms with Crippen LogP contribution in [0.5, 0.6) is 0 Å². The minimum Gasteiger partial charge on any atom is -0.481 e. The van der Waals surface area contributed by atoms with Crippen LogP contribution in [-0.2, 0) is 22.4 Å². The second-order valence-corrected chi connectivity index (χ2v) is 4.74. The van der Waals surface area contributed by atoms with Gasteiger partial charge in [0, 0.05) is 12.7 Å². The Morgan fingerprint density at radius 3 is 2.83 bits per heavy atom. The van der Waals surface area contributed by atoms with E-state index in [0.29, 0.717) is 19.3 Å². The van der Waals surface area contributed by atoms with Gasteiger partial charge in [0.15, 0.2) is 0 Å². The first-order valence-electron chi connectivity index (χ1n) is 6.14. The molecule has 4 nitrogen and oxygen atoms in total. The number of fused-ring (bicyclic) bond motifs is 1. The summed E-state index contributed by atoms with van der Waals surface area (Å²) in [6, 6.07) is 5.78. The Morgan fingerprint density at radius 1 is 1.50 bits per heavy atom. The molecule has 1 unspecified atom stereocenters. The molecule has 1 aromatic carbocycles. The molecule has 0 fully saturated rings. The summed E-state index contributed by atoms with van der Waals surface area (Å²) >= 11 is 0. The molecule has 0 radical (unpaired) electrons. The molecule has 1 amide bonds. The third-order valence-corrected chi connectivity index (χ3v) is 3.55. The van der Waals surface area contributed by atoms with Gasteiger partial charge in [-0.25, -0.2) is 0 Å². The van der Waals surface area contributed by atoms with Crippen LogP contribution in [0.4, 0.5) is 5.69 Å². The number of hydrogen-bond acceptors (Lipinski definition) is 2. The molecule has 1 N–H and O–H groups in total. The fraction of sp³-hybridized carbons (Fsp3) is 0.429. The SMILES string of the molecule is CCC(Cc1ccc2c(c1)CC(=O)N2C)C(=O)O. The summed E-state index contributed by atoms with van der Waals surface area (Å²) in [5.74, 6) is -1.02. The van der Waals surface area contributed by atoms with Crippen molar-refractivity contribution in [1.82, 2.24) is 0 Å². The lowest BCUT2D eigenvalue weighted by Crippen LogP contribution is -2.20. The smallest absolute Gasteiger partial charge is 0.306 e. The number of hydrogen-bond donors (Lipinski definition) is 1. The van der Waals surface area contributed by atoms with Gasteiger partial charge in [0.05, 0.1) is 12.3 Å². The number of likely N-dealkylation sites (N-methyl/N-ethyl adjacent to an activating group) is 1. The molecule has 4 heteroatoms. The summed E-state index contributed by atoms with van der Waals surface area (Å²) in [6.07, 6.45) is 1.56. The highest BCUT2D eigenvalue weighted by atomic mass is 16.4. The van der Waals surface area contributed by atoms with Gasteiger partial charge in [0.25, 0.3) is 0 Å². The molecule has 1 heterocycles. The zero-order chi connectivity index (χ0) is 13.3. The van der Waals surface area contributed by atoms with Crippen molar-refractivity contribution in [3.63, 3.8) is 0 Å². The van der Waals surface area contributed by atoms with Gasteiger partial charge in [-0.3, -0.25) is 9.59 Å². The van der Waals surface area contributed by atoms with Crippen molar-refractivity contribution in [2.75, 3.05) is 11.9 Å². The molecule has 1 aliphatic rings. The van der Waals surface area contributed by atoms with Crippen LogP contribution in [-0.4, -0.2) is 24.0 Å². The summed E-state index contributed by atoms with van der Waals surface area (Å²) in [6.45, 7) is 1.88. The predicted octanol–water partition coefficient (Wildman–Crippen LogP) is 1.86. The van der Waals surface area contributed by atoms with Gasteiger partial charge < -0.3 is 10.0 Å². The van der Waals surface area contributed by atoms with Gasteiger partial charge in [-0.05, 0) is 30.0 Å². The van der Waals surface area contributed by atoms with Crippen LogP contribution in [0, 0.1) is 5.92 Å². The number of nitrogens with zero attached hydrogens (tertiary/aromatic N) is 1. The third-order valence-electron chi connectivity index (χ3n) is 3.55. The highest BCUT2D eigenvalue weighted by Gasteiger charge is 2.24. The van der Waals surface area contributed by atoms with E-state index in [4.69, 9.17) is 5.11 Å². The van der Waals surface area contributed by atoms with E-state index in [-0.39, 0.29) is 11.8 Å². The number of benzene rings is 1. The summed E-state index contributed by atoms with van der Waals surface area (Å²) in [4.78, 5) is 24.2. The van der Waals surface area contributed by atoms with E-state index in [9.17, 15) is 9.59 Å². The van der Waals surface area contributed by atoms with Crippen LogP contribution in [0.3, 0.4) is 0 Å². The van der Waals surface area contributed by atoms with E-state index >= 15 is 0 Å². The Bertz CT molecular complexity index is 496. The Kier molecular flexibility index (Phi) is 3.36. The number of aliphatic carboxylic acids is 1. The van der Waals surface area contributed by atoms with Gasteiger partial charge in [-0.15, -0.1) is 0 Å². The quantitative estimate of drug-likeness (QED) is 0.883. The first kappa shape index (κ1) is 12.6. The van der Waals surface area contributed by atoms with E-state index in [1.165, 1.54) is 0 Å².